The first-order valence-electron chi connectivity index (χ1n) is 12.7. The Morgan fingerprint density at radius 2 is 1.77 bits per heavy atom. The van der Waals surface area contributed by atoms with Gasteiger partial charge in [-0.2, -0.15) is 37.5 Å². The van der Waals surface area contributed by atoms with Crippen LogP contribution in [0.4, 0.5) is 16.2 Å². The second-order valence-corrected chi connectivity index (χ2v) is 15.9. The number of H-pyrrole nitrogens is 1. The van der Waals surface area contributed by atoms with Gasteiger partial charge in [0.15, 0.2) is 59.0 Å². The van der Waals surface area contributed by atoms with Crippen LogP contribution in [0.3, 0.4) is 0 Å². The molecule has 25 heteroatoms. The number of nitrogens with two attached hydrogens (primary N) is 2. The Bertz CT molecular complexity index is 1780. The number of ether oxygens (including phenoxy) is 2. The first kappa shape index (κ1) is 30.3. The Labute approximate surface area is 256 Å². The highest BCUT2D eigenvalue weighted by molar-refractivity contribution is 8.47. The van der Waals surface area contributed by atoms with E-state index in [1.165, 1.54) is 10.9 Å². The molecule has 7 N–H and O–H groups in total. The fourth-order valence-electron chi connectivity index (χ4n) is 5.14. The third kappa shape index (κ3) is 5.50. The molecule has 2 unspecified atom stereocenters. The number of anilines is 2. The molecule has 0 spiro atoms. The van der Waals surface area contributed by atoms with Crippen LogP contribution in [-0.4, -0.2) is 98.1 Å². The van der Waals surface area contributed by atoms with Crippen molar-refractivity contribution in [3.05, 3.63) is 23.0 Å². The number of aromatic nitrogens is 9. The lowest BCUT2D eigenvalue weighted by molar-refractivity contribution is -0.0622. The standard InChI is InChI=1S/C19H23FN11O9P2S2/c20-9-12-8(38-18(9)31-14-10(28-29-31)13(21)23-4-24-14)3-36-41(33,43)39-7-1-6(2-35-42(34,44)40-12)37-17(7)30-5-25-11-15(30)26-19(22)27-16(11)32/h4-9,12,17-18,33-34,43-44H,1-3H2,(H4-,21,22,23,24,26,27,29,32)/q+1/p+1/t6-,7+,8+,9-,12+,17+,18+,41?,42?/m0/s1. The van der Waals surface area contributed by atoms with Gasteiger partial charge >= 0.3 is 14.3 Å². The van der Waals surface area contributed by atoms with E-state index >= 15 is 4.39 Å². The van der Waals surface area contributed by atoms with Gasteiger partial charge in [-0.15, -0.1) is 5.10 Å². The molecule has 236 valence electrons. The predicted molar refractivity (Wildman–Crippen MR) is 155 cm³/mol. The van der Waals surface area contributed by atoms with Crippen molar-refractivity contribution in [2.45, 2.75) is 49.5 Å². The van der Waals surface area contributed by atoms with Crippen molar-refractivity contribution in [1.82, 2.24) is 44.5 Å². The summed E-state index contributed by atoms with van der Waals surface area (Å²) in [5.41, 5.74) is 11.3. The van der Waals surface area contributed by atoms with Crippen molar-refractivity contribution < 1.29 is 41.7 Å². The van der Waals surface area contributed by atoms with E-state index in [9.17, 15) is 14.6 Å². The van der Waals surface area contributed by atoms with E-state index in [0.29, 0.717) is 0 Å². The minimum absolute atomic E-state index is 0.0130. The van der Waals surface area contributed by atoms with E-state index in [1.54, 1.807) is 0 Å². The van der Waals surface area contributed by atoms with Crippen LogP contribution in [0.2, 0.25) is 0 Å². The monoisotopic (exact) mass is 695 g/mol. The van der Waals surface area contributed by atoms with Crippen LogP contribution < -0.4 is 17.0 Å². The van der Waals surface area contributed by atoms with Crippen LogP contribution in [0.15, 0.2) is 17.4 Å². The summed E-state index contributed by atoms with van der Waals surface area (Å²) in [5.74, 6) is -0.136. The minimum atomic E-state index is -4.02. The molecule has 0 saturated carbocycles. The lowest BCUT2D eigenvalue weighted by Crippen LogP contribution is -2.34. The van der Waals surface area contributed by atoms with Crippen LogP contribution in [0.1, 0.15) is 18.9 Å². The van der Waals surface area contributed by atoms with Crippen molar-refractivity contribution in [2.24, 2.45) is 0 Å². The van der Waals surface area contributed by atoms with Crippen molar-refractivity contribution in [3.63, 3.8) is 0 Å². The Morgan fingerprint density at radius 1 is 1.00 bits per heavy atom. The number of nitrogens with one attached hydrogen (secondary N) is 1. The van der Waals surface area contributed by atoms with E-state index in [2.05, 4.69) is 59.7 Å². The van der Waals surface area contributed by atoms with Gasteiger partial charge in [0.2, 0.25) is 5.95 Å². The van der Waals surface area contributed by atoms with E-state index in [-0.39, 0.29) is 47.1 Å². The molecule has 4 aromatic rings. The summed E-state index contributed by atoms with van der Waals surface area (Å²) < 4.78 is 53.2. The summed E-state index contributed by atoms with van der Waals surface area (Å²) in [7, 11) is -7.99. The van der Waals surface area contributed by atoms with Gasteiger partial charge in [0, 0.05) is 6.42 Å². The van der Waals surface area contributed by atoms with Gasteiger partial charge in [-0.3, -0.25) is 14.3 Å². The van der Waals surface area contributed by atoms with Crippen molar-refractivity contribution >= 4 is 72.9 Å². The minimum Gasteiger partial charge on any atom is -0.382 e. The highest BCUT2D eigenvalue weighted by Crippen LogP contribution is 2.67. The second-order valence-electron chi connectivity index (χ2n) is 9.92. The van der Waals surface area contributed by atoms with Crippen LogP contribution in [0.5, 0.6) is 0 Å². The lowest BCUT2D eigenvalue weighted by atomic mass is 10.1. The smallest absolute Gasteiger partial charge is 0.382 e. The van der Waals surface area contributed by atoms with Crippen molar-refractivity contribution in [3.8, 4) is 0 Å². The zero-order chi connectivity index (χ0) is 31.0. The fourth-order valence-corrected chi connectivity index (χ4v) is 8.17. The Morgan fingerprint density at radius 3 is 2.59 bits per heavy atom. The third-order valence-corrected chi connectivity index (χ3v) is 10.3. The summed E-state index contributed by atoms with van der Waals surface area (Å²) >= 11 is 8.38. The number of fused-ring (bicyclic) bond motifs is 5. The number of rotatable bonds is 2. The lowest BCUT2D eigenvalue weighted by Gasteiger charge is -2.23. The van der Waals surface area contributed by atoms with Gasteiger partial charge in [0.05, 0.1) is 36.9 Å². The molecule has 44 heavy (non-hydrogen) atoms. The van der Waals surface area contributed by atoms with Crippen LogP contribution in [0, 0.1) is 0 Å². The van der Waals surface area contributed by atoms with Gasteiger partial charge in [-0.25, -0.2) is 19.3 Å². The summed E-state index contributed by atoms with van der Waals surface area (Å²) in [5, 5.41) is 7.80. The number of imidazole rings is 1. The van der Waals surface area contributed by atoms with Crippen LogP contribution >= 0.6 is 38.8 Å². The van der Waals surface area contributed by atoms with Gasteiger partial charge in [-0.05, 0) is 0 Å². The molecular formula is C19H24FN11O9P2S2+2. The number of aromatic amines is 1. The molecule has 3 aliphatic heterocycles. The van der Waals surface area contributed by atoms with E-state index < -0.39 is 69.5 Å². The molecule has 4 aromatic heterocycles. The molecule has 0 aromatic carbocycles. The summed E-state index contributed by atoms with van der Waals surface area (Å²) in [6.45, 7) is -0.810. The maximum Gasteiger partial charge on any atom is 0.476 e. The van der Waals surface area contributed by atoms with E-state index in [1.807, 2.05) is 0 Å². The summed E-state index contributed by atoms with van der Waals surface area (Å²) in [4.78, 5) is 52.9. The number of hydrogen-bond acceptors (Lipinski definition) is 19. The fraction of sp³-hybridized carbons (Fsp3) is 0.526. The van der Waals surface area contributed by atoms with Gasteiger partial charge in [0.25, 0.3) is 5.56 Å². The Hall–Kier alpha value is -2.40. The second kappa shape index (κ2) is 11.1. The maximum absolute atomic E-state index is 16.0. The van der Waals surface area contributed by atoms with Crippen LogP contribution in [0.25, 0.3) is 22.3 Å². The normalized spacial score (nSPS) is 36.6. The van der Waals surface area contributed by atoms with Crippen molar-refractivity contribution in [2.75, 3.05) is 24.7 Å². The molecule has 3 fully saturated rings. The molecule has 20 nitrogen and oxygen atoms in total. The van der Waals surface area contributed by atoms with Crippen molar-refractivity contribution in [1.29, 1.82) is 0 Å². The molecule has 9 atom stereocenters. The van der Waals surface area contributed by atoms with Gasteiger partial charge in [0.1, 0.15) is 25.6 Å². The highest BCUT2D eigenvalue weighted by Gasteiger charge is 2.58. The molecule has 3 aliphatic rings. The van der Waals surface area contributed by atoms with E-state index in [4.69, 9.17) is 39.0 Å². The molecule has 7 rings (SSSR count). The number of hydrogen-bond donors (Lipinski definition) is 7. The van der Waals surface area contributed by atoms with Gasteiger partial charge < -0.3 is 20.9 Å². The molecule has 0 amide bonds. The maximum atomic E-state index is 16.0. The quantitative estimate of drug-likeness (QED) is 0.108. The number of nitrogens with zero attached hydrogens (tertiary/aromatic N) is 8. The highest BCUT2D eigenvalue weighted by atomic mass is 32.7. The van der Waals surface area contributed by atoms with Gasteiger partial charge in [-0.1, -0.05) is 5.21 Å². The zero-order valence-corrected chi connectivity index (χ0v) is 25.5. The number of thiol groups is 2. The summed E-state index contributed by atoms with van der Waals surface area (Å²) in [6, 6.07) is 0. The molecule has 2 bridgehead atoms. The molecule has 0 radical (unpaired) electrons. The molecule has 0 aliphatic carbocycles. The number of halogens is 1. The molecular weight excluding hydrogens is 671 g/mol. The average molecular weight is 696 g/mol. The third-order valence-electron chi connectivity index (χ3n) is 7.03. The zero-order valence-electron chi connectivity index (χ0n) is 22.0. The largest absolute Gasteiger partial charge is 0.476 e. The topological polar surface area (TPSA) is 268 Å². The molecule has 3 saturated heterocycles. The number of nitrogen functional groups attached to an aromatic ring is 2. The predicted octanol–water partition coefficient (Wildman–Crippen LogP) is 0.0585. The Balaban J connectivity index is 1.18. The Kier molecular flexibility index (Phi) is 7.66. The van der Waals surface area contributed by atoms with E-state index in [0.717, 1.165) is 11.0 Å². The first-order chi connectivity index (χ1) is 20.9. The molecule has 7 heterocycles. The SMILES string of the molecule is Nc1nc2c(ncn2[C@@H]2O[C@@H]3CO[P+](O)(S)O[C@H]4[C@H](F)[C@H](n5nnc6c(N)ncnc65)O[C@@H]4CO[P+](O)(S)O[C@@H]2C3)c(=O)[nH]1. The average Bonchev–Trinajstić information content (AvgIpc) is 3.72. The number of alkyl halides is 1. The first-order valence-corrected chi connectivity index (χ1v) is 18.2. The summed E-state index contributed by atoms with van der Waals surface area (Å²) in [6.07, 6.45) is -6.47. The van der Waals surface area contributed by atoms with Crippen LogP contribution in [-0.2, 0) is 27.6 Å².